The molecule has 3 nitrogen and oxygen atoms in total. The van der Waals surface area contributed by atoms with Gasteiger partial charge in [0.15, 0.2) is 0 Å². The summed E-state index contributed by atoms with van der Waals surface area (Å²) >= 11 is 0. The summed E-state index contributed by atoms with van der Waals surface area (Å²) in [6.07, 6.45) is 6.66. The van der Waals surface area contributed by atoms with Crippen LogP contribution in [0.4, 0.5) is 0 Å². The highest BCUT2D eigenvalue weighted by atomic mass is 16.5. The Kier molecular flexibility index (Phi) is 6.19. The Labute approximate surface area is 98.8 Å². The fourth-order valence-corrected chi connectivity index (χ4v) is 1.82. The maximum absolute atomic E-state index is 5.07. The Hall–Kier alpha value is -0.800. The van der Waals surface area contributed by atoms with Crippen LogP contribution in [0.15, 0.2) is 18.5 Å². The normalized spacial score (nSPS) is 12.9. The second kappa shape index (κ2) is 7.47. The zero-order valence-electron chi connectivity index (χ0n) is 10.7. The first-order chi connectivity index (χ1) is 7.81. The van der Waals surface area contributed by atoms with Gasteiger partial charge in [0, 0.05) is 32.1 Å². The first kappa shape index (κ1) is 13.3. The van der Waals surface area contributed by atoms with Crippen molar-refractivity contribution in [2.45, 2.75) is 39.3 Å². The first-order valence-electron chi connectivity index (χ1n) is 6.19. The Balaban J connectivity index is 2.52. The van der Waals surface area contributed by atoms with Crippen molar-refractivity contribution in [1.29, 1.82) is 0 Å². The Bertz CT molecular complexity index is 283. The summed E-state index contributed by atoms with van der Waals surface area (Å²) in [5, 5.41) is 3.56. The number of ether oxygens (including phenoxy) is 1. The van der Waals surface area contributed by atoms with E-state index in [1.807, 2.05) is 0 Å². The molecule has 1 aromatic heterocycles. The van der Waals surface area contributed by atoms with E-state index in [2.05, 4.69) is 42.2 Å². The lowest BCUT2D eigenvalue weighted by Gasteiger charge is -2.15. The third kappa shape index (κ3) is 3.99. The van der Waals surface area contributed by atoms with E-state index in [4.69, 9.17) is 4.74 Å². The average Bonchev–Trinajstić information content (AvgIpc) is 2.76. The molecule has 92 valence electrons. The van der Waals surface area contributed by atoms with Crippen molar-refractivity contribution in [3.63, 3.8) is 0 Å². The molecular formula is C13H24N2O. The van der Waals surface area contributed by atoms with E-state index in [1.54, 1.807) is 7.11 Å². The molecule has 1 atom stereocenters. The lowest BCUT2D eigenvalue weighted by molar-refractivity contribution is 0.187. The molecule has 0 bridgehead atoms. The maximum Gasteiger partial charge on any atom is 0.0641 e. The van der Waals surface area contributed by atoms with Gasteiger partial charge >= 0.3 is 0 Å². The van der Waals surface area contributed by atoms with Crippen LogP contribution in [-0.4, -0.2) is 24.8 Å². The maximum atomic E-state index is 5.07. The molecule has 0 radical (unpaired) electrons. The molecule has 0 saturated carbocycles. The molecule has 0 saturated heterocycles. The summed E-state index contributed by atoms with van der Waals surface area (Å²) in [5.41, 5.74) is 1.38. The van der Waals surface area contributed by atoms with Crippen molar-refractivity contribution in [3.8, 4) is 0 Å². The molecule has 1 unspecified atom stereocenters. The summed E-state index contributed by atoms with van der Waals surface area (Å²) in [7, 11) is 1.74. The smallest absolute Gasteiger partial charge is 0.0641 e. The zero-order valence-corrected chi connectivity index (χ0v) is 10.7. The summed E-state index contributed by atoms with van der Waals surface area (Å²) in [5.74, 6) is 0. The molecular weight excluding hydrogens is 200 g/mol. The summed E-state index contributed by atoms with van der Waals surface area (Å²) < 4.78 is 7.26. The predicted molar refractivity (Wildman–Crippen MR) is 67.6 cm³/mol. The molecule has 0 aromatic carbocycles. The highest BCUT2D eigenvalue weighted by molar-refractivity contribution is 5.15. The van der Waals surface area contributed by atoms with Crippen LogP contribution in [0.2, 0.25) is 0 Å². The van der Waals surface area contributed by atoms with E-state index in [-0.39, 0.29) is 0 Å². The fourth-order valence-electron chi connectivity index (χ4n) is 1.82. The monoisotopic (exact) mass is 224 g/mol. The lowest BCUT2D eigenvalue weighted by Crippen LogP contribution is -2.21. The third-order valence-electron chi connectivity index (χ3n) is 2.78. The van der Waals surface area contributed by atoms with Crippen LogP contribution in [0.25, 0.3) is 0 Å². The second-order valence-electron chi connectivity index (χ2n) is 4.09. The summed E-state index contributed by atoms with van der Waals surface area (Å²) in [6.45, 7) is 7.21. The van der Waals surface area contributed by atoms with E-state index in [0.29, 0.717) is 6.04 Å². The van der Waals surface area contributed by atoms with Crippen molar-refractivity contribution >= 4 is 0 Å². The molecule has 3 heteroatoms. The van der Waals surface area contributed by atoms with E-state index >= 15 is 0 Å². The van der Waals surface area contributed by atoms with Gasteiger partial charge in [-0.3, -0.25) is 0 Å². The largest absolute Gasteiger partial charge is 0.383 e. The van der Waals surface area contributed by atoms with Gasteiger partial charge in [0.05, 0.1) is 6.61 Å². The lowest BCUT2D eigenvalue weighted by atomic mass is 10.1. The van der Waals surface area contributed by atoms with Gasteiger partial charge < -0.3 is 14.6 Å². The number of aromatic nitrogens is 1. The molecule has 0 aliphatic rings. The highest BCUT2D eigenvalue weighted by Gasteiger charge is 2.08. The first-order valence-corrected chi connectivity index (χ1v) is 6.19. The van der Waals surface area contributed by atoms with Gasteiger partial charge in [-0.25, -0.2) is 0 Å². The van der Waals surface area contributed by atoms with Crippen molar-refractivity contribution in [2.75, 3.05) is 20.3 Å². The standard InChI is InChI=1S/C13H24N2O/c1-4-7-14-13(5-2)12-6-8-15(11-12)9-10-16-3/h6,8,11,13-14H,4-5,7,9-10H2,1-3H3. The summed E-state index contributed by atoms with van der Waals surface area (Å²) in [6, 6.07) is 2.69. The van der Waals surface area contributed by atoms with Crippen molar-refractivity contribution in [2.24, 2.45) is 0 Å². The molecule has 1 aromatic rings. The highest BCUT2D eigenvalue weighted by Crippen LogP contribution is 2.16. The molecule has 0 aliphatic heterocycles. The molecule has 0 amide bonds. The minimum atomic E-state index is 0.490. The van der Waals surface area contributed by atoms with E-state index in [0.717, 1.165) is 26.1 Å². The van der Waals surface area contributed by atoms with E-state index in [1.165, 1.54) is 12.0 Å². The van der Waals surface area contributed by atoms with Gasteiger partial charge in [0.1, 0.15) is 0 Å². The van der Waals surface area contributed by atoms with Crippen LogP contribution in [-0.2, 0) is 11.3 Å². The minimum Gasteiger partial charge on any atom is -0.383 e. The van der Waals surface area contributed by atoms with Gasteiger partial charge in [0.25, 0.3) is 0 Å². The van der Waals surface area contributed by atoms with Gasteiger partial charge in [-0.2, -0.15) is 0 Å². The molecule has 1 rings (SSSR count). The van der Waals surface area contributed by atoms with Crippen LogP contribution in [0, 0.1) is 0 Å². The molecule has 0 fully saturated rings. The number of hydrogen-bond donors (Lipinski definition) is 1. The van der Waals surface area contributed by atoms with Crippen LogP contribution >= 0.6 is 0 Å². The van der Waals surface area contributed by atoms with Crippen molar-refractivity contribution < 1.29 is 4.74 Å². The van der Waals surface area contributed by atoms with Crippen LogP contribution in [0.5, 0.6) is 0 Å². The van der Waals surface area contributed by atoms with Crippen LogP contribution in [0.3, 0.4) is 0 Å². The van der Waals surface area contributed by atoms with Gasteiger partial charge in [0.2, 0.25) is 0 Å². The predicted octanol–water partition coefficient (Wildman–Crippen LogP) is 2.59. The van der Waals surface area contributed by atoms with Crippen LogP contribution < -0.4 is 5.32 Å². The Morgan fingerprint density at radius 3 is 2.88 bits per heavy atom. The number of rotatable bonds is 8. The topological polar surface area (TPSA) is 26.2 Å². The minimum absolute atomic E-state index is 0.490. The van der Waals surface area contributed by atoms with E-state index in [9.17, 15) is 0 Å². The quantitative estimate of drug-likeness (QED) is 0.734. The zero-order chi connectivity index (χ0) is 11.8. The molecule has 1 N–H and O–H groups in total. The van der Waals surface area contributed by atoms with Crippen LogP contribution in [0.1, 0.15) is 38.3 Å². The van der Waals surface area contributed by atoms with Gasteiger partial charge in [-0.15, -0.1) is 0 Å². The number of methoxy groups -OCH3 is 1. The molecule has 0 spiro atoms. The van der Waals surface area contributed by atoms with Gasteiger partial charge in [-0.1, -0.05) is 13.8 Å². The SMILES string of the molecule is CCCNC(CC)c1ccn(CCOC)c1. The average molecular weight is 224 g/mol. The Morgan fingerprint density at radius 1 is 1.44 bits per heavy atom. The van der Waals surface area contributed by atoms with Crippen molar-refractivity contribution in [1.82, 2.24) is 9.88 Å². The Morgan fingerprint density at radius 2 is 2.25 bits per heavy atom. The summed E-state index contributed by atoms with van der Waals surface area (Å²) in [4.78, 5) is 0. The molecule has 16 heavy (non-hydrogen) atoms. The molecule has 1 heterocycles. The number of hydrogen-bond acceptors (Lipinski definition) is 2. The van der Waals surface area contributed by atoms with Gasteiger partial charge in [-0.05, 0) is 31.0 Å². The second-order valence-corrected chi connectivity index (χ2v) is 4.09. The third-order valence-corrected chi connectivity index (χ3v) is 2.78. The fraction of sp³-hybridized carbons (Fsp3) is 0.692. The molecule has 0 aliphatic carbocycles. The number of nitrogens with one attached hydrogen (secondary N) is 1. The van der Waals surface area contributed by atoms with E-state index < -0.39 is 0 Å². The number of nitrogens with zero attached hydrogens (tertiary/aromatic N) is 1. The van der Waals surface area contributed by atoms with Crippen molar-refractivity contribution in [3.05, 3.63) is 24.0 Å².